The number of allylic oxidation sites excluding steroid dienone is 1. The molecule has 0 N–H and O–H groups in total. The predicted octanol–water partition coefficient (Wildman–Crippen LogP) is 10.9. The zero-order valence-corrected chi connectivity index (χ0v) is 30.4. The van der Waals surface area contributed by atoms with Crippen LogP contribution in [0, 0.1) is 22.7 Å². The van der Waals surface area contributed by atoms with Crippen molar-refractivity contribution in [2.45, 2.75) is 19.0 Å². The molecule has 4 heterocycles. The Hall–Kier alpha value is -7.89. The standard InChI is InChI=1S/C47H27F3N8/c48-47(49,50)33-20-28(26-51)19-31(21-33)32-24-43(57-39-9-3-1-7-34(39)36-22-29(11-13-41(36)57)45-53-15-5-16-54-45)38(27-52)44(25-32)58-40-10-4-2-8-35(40)37-23-30(12-14-42(37)58)46-55-17-6-18-56-46/h1-11,13,15-25H,12,14H2. The van der Waals surface area contributed by atoms with Crippen molar-refractivity contribution < 1.29 is 13.2 Å². The van der Waals surface area contributed by atoms with E-state index in [1.165, 1.54) is 6.07 Å². The molecule has 0 bridgehead atoms. The van der Waals surface area contributed by atoms with E-state index in [2.05, 4.69) is 36.6 Å². The Morgan fingerprint density at radius 1 is 0.552 bits per heavy atom. The van der Waals surface area contributed by atoms with E-state index < -0.39 is 11.7 Å². The predicted molar refractivity (Wildman–Crippen MR) is 217 cm³/mol. The van der Waals surface area contributed by atoms with E-state index in [0.717, 1.165) is 67.2 Å². The molecule has 4 aromatic heterocycles. The van der Waals surface area contributed by atoms with E-state index in [-0.39, 0.29) is 11.1 Å². The molecule has 0 radical (unpaired) electrons. The van der Waals surface area contributed by atoms with E-state index in [0.29, 0.717) is 47.0 Å². The Bertz CT molecular complexity index is 3240. The second-order valence-electron chi connectivity index (χ2n) is 14.0. The Morgan fingerprint density at radius 3 is 1.86 bits per heavy atom. The number of rotatable bonds is 5. The number of benzene rings is 5. The minimum Gasteiger partial charge on any atom is -0.312 e. The summed E-state index contributed by atoms with van der Waals surface area (Å²) in [6.07, 6.45) is 5.40. The lowest BCUT2D eigenvalue weighted by molar-refractivity contribution is -0.137. The monoisotopic (exact) mass is 760 g/mol. The SMILES string of the molecule is N#Cc1cc(-c2cc(-n3c4c(c5ccccc53)C=C(c3ncccn3)CC4)c(C#N)c(-n3c4ccccc4c4cc(-c5ncccn5)ccc43)c2)cc(C(F)(F)F)c1. The highest BCUT2D eigenvalue weighted by molar-refractivity contribution is 6.11. The highest BCUT2D eigenvalue weighted by Gasteiger charge is 2.32. The van der Waals surface area contributed by atoms with Gasteiger partial charge in [0.05, 0.1) is 45.1 Å². The fraction of sp³-hybridized carbons (Fsp3) is 0.0638. The van der Waals surface area contributed by atoms with E-state index in [9.17, 15) is 23.7 Å². The third-order valence-electron chi connectivity index (χ3n) is 10.7. The molecule has 11 heteroatoms. The van der Waals surface area contributed by atoms with Crippen molar-refractivity contribution in [3.8, 4) is 46.0 Å². The molecular formula is C47H27F3N8. The van der Waals surface area contributed by atoms with Crippen LogP contribution in [0.5, 0.6) is 0 Å². The number of alkyl halides is 3. The van der Waals surface area contributed by atoms with Gasteiger partial charge in [-0.3, -0.25) is 0 Å². The first-order valence-corrected chi connectivity index (χ1v) is 18.4. The third kappa shape index (κ3) is 5.60. The Balaban J connectivity index is 1.31. The summed E-state index contributed by atoms with van der Waals surface area (Å²) in [5, 5.41) is 23.9. The highest BCUT2D eigenvalue weighted by atomic mass is 19.4. The molecule has 0 aliphatic heterocycles. The summed E-state index contributed by atoms with van der Waals surface area (Å²) >= 11 is 0. The number of nitriles is 2. The van der Waals surface area contributed by atoms with E-state index in [1.54, 1.807) is 49.1 Å². The minimum absolute atomic E-state index is 0.130. The Kier molecular flexibility index (Phi) is 7.99. The van der Waals surface area contributed by atoms with Crippen LogP contribution in [0.4, 0.5) is 13.2 Å². The maximum absolute atomic E-state index is 14.4. The molecule has 1 aliphatic carbocycles. The first kappa shape index (κ1) is 34.6. The Labute approximate surface area is 329 Å². The zero-order chi connectivity index (χ0) is 39.5. The fourth-order valence-electron chi connectivity index (χ4n) is 8.23. The summed E-state index contributed by atoms with van der Waals surface area (Å²) in [5.41, 5.74) is 6.89. The normalized spacial score (nSPS) is 12.7. The lowest BCUT2D eigenvalue weighted by Crippen LogP contribution is -2.10. The van der Waals surface area contributed by atoms with Gasteiger partial charge in [-0.15, -0.1) is 0 Å². The molecule has 58 heavy (non-hydrogen) atoms. The molecule has 0 spiro atoms. The molecule has 0 atom stereocenters. The van der Waals surface area contributed by atoms with Gasteiger partial charge in [-0.05, 0) is 108 Å². The van der Waals surface area contributed by atoms with Gasteiger partial charge in [0.2, 0.25) is 0 Å². The van der Waals surface area contributed by atoms with Crippen LogP contribution in [0.15, 0.2) is 134 Å². The summed E-state index contributed by atoms with van der Waals surface area (Å²) in [7, 11) is 0. The maximum atomic E-state index is 14.4. The number of fused-ring (bicyclic) bond motifs is 6. The van der Waals surface area contributed by atoms with Gasteiger partial charge in [0.1, 0.15) is 11.6 Å². The molecule has 5 aromatic carbocycles. The van der Waals surface area contributed by atoms with Gasteiger partial charge in [-0.25, -0.2) is 19.9 Å². The maximum Gasteiger partial charge on any atom is 0.416 e. The molecule has 0 fully saturated rings. The Morgan fingerprint density at radius 2 is 1.17 bits per heavy atom. The molecule has 0 amide bonds. The van der Waals surface area contributed by atoms with Crippen LogP contribution in [0.25, 0.3) is 78.2 Å². The summed E-state index contributed by atoms with van der Waals surface area (Å²) in [5.74, 6) is 1.19. The van der Waals surface area contributed by atoms with Crippen molar-refractivity contribution in [3.63, 3.8) is 0 Å². The van der Waals surface area contributed by atoms with Gasteiger partial charge >= 0.3 is 6.18 Å². The van der Waals surface area contributed by atoms with Crippen molar-refractivity contribution in [2.75, 3.05) is 0 Å². The number of hydrogen-bond acceptors (Lipinski definition) is 6. The molecule has 0 saturated heterocycles. The van der Waals surface area contributed by atoms with E-state index in [1.807, 2.05) is 77.4 Å². The number of para-hydroxylation sites is 2. The van der Waals surface area contributed by atoms with Crippen molar-refractivity contribution in [2.24, 2.45) is 0 Å². The van der Waals surface area contributed by atoms with Crippen LogP contribution in [0.2, 0.25) is 0 Å². The molecule has 10 rings (SSSR count). The molecule has 0 saturated carbocycles. The first-order chi connectivity index (χ1) is 28.3. The zero-order valence-electron chi connectivity index (χ0n) is 30.4. The van der Waals surface area contributed by atoms with Crippen molar-refractivity contribution in [3.05, 3.63) is 168 Å². The van der Waals surface area contributed by atoms with E-state index in [4.69, 9.17) is 0 Å². The van der Waals surface area contributed by atoms with Crippen molar-refractivity contribution in [1.82, 2.24) is 29.1 Å². The van der Waals surface area contributed by atoms with Crippen LogP contribution >= 0.6 is 0 Å². The topological polar surface area (TPSA) is 109 Å². The first-order valence-electron chi connectivity index (χ1n) is 18.4. The van der Waals surface area contributed by atoms with Crippen LogP contribution in [0.1, 0.15) is 40.2 Å². The molecule has 0 unspecified atom stereocenters. The lowest BCUT2D eigenvalue weighted by Gasteiger charge is -2.21. The van der Waals surface area contributed by atoms with Crippen LogP contribution in [0.3, 0.4) is 0 Å². The highest BCUT2D eigenvalue weighted by Crippen LogP contribution is 2.43. The second kappa shape index (κ2) is 13.4. The lowest BCUT2D eigenvalue weighted by atomic mass is 9.94. The summed E-state index contributed by atoms with van der Waals surface area (Å²) in [6, 6.07) is 36.5. The van der Waals surface area contributed by atoms with Gasteiger partial charge in [0.15, 0.2) is 11.6 Å². The van der Waals surface area contributed by atoms with Crippen LogP contribution in [-0.4, -0.2) is 29.1 Å². The molecule has 1 aliphatic rings. The molecule has 9 aromatic rings. The third-order valence-corrected chi connectivity index (χ3v) is 10.7. The van der Waals surface area contributed by atoms with E-state index >= 15 is 0 Å². The van der Waals surface area contributed by atoms with Gasteiger partial charge < -0.3 is 9.13 Å². The number of aromatic nitrogens is 6. The van der Waals surface area contributed by atoms with Gasteiger partial charge in [0, 0.05) is 57.8 Å². The van der Waals surface area contributed by atoms with Crippen LogP contribution < -0.4 is 0 Å². The van der Waals surface area contributed by atoms with Crippen molar-refractivity contribution >= 4 is 44.4 Å². The van der Waals surface area contributed by atoms with Gasteiger partial charge in [-0.2, -0.15) is 23.7 Å². The summed E-state index contributed by atoms with van der Waals surface area (Å²) < 4.78 is 47.1. The number of nitrogens with zero attached hydrogens (tertiary/aromatic N) is 8. The quantitative estimate of drug-likeness (QED) is 0.173. The van der Waals surface area contributed by atoms with Gasteiger partial charge in [-0.1, -0.05) is 36.4 Å². The molecule has 276 valence electrons. The number of halogens is 3. The van der Waals surface area contributed by atoms with Gasteiger partial charge in [0.25, 0.3) is 0 Å². The average Bonchev–Trinajstić information content (AvgIpc) is 3.78. The second-order valence-corrected chi connectivity index (χ2v) is 14.0. The summed E-state index contributed by atoms with van der Waals surface area (Å²) in [6.45, 7) is 0. The van der Waals surface area contributed by atoms with Crippen LogP contribution in [-0.2, 0) is 12.6 Å². The molecular weight excluding hydrogens is 734 g/mol. The average molecular weight is 761 g/mol. The van der Waals surface area contributed by atoms with Crippen molar-refractivity contribution in [1.29, 1.82) is 10.5 Å². The summed E-state index contributed by atoms with van der Waals surface area (Å²) in [4.78, 5) is 17.9. The molecule has 8 nitrogen and oxygen atoms in total. The minimum atomic E-state index is -4.70. The largest absolute Gasteiger partial charge is 0.416 e. The fourth-order valence-corrected chi connectivity index (χ4v) is 8.23. The number of hydrogen-bond donors (Lipinski definition) is 0. The smallest absolute Gasteiger partial charge is 0.312 e.